The van der Waals surface area contributed by atoms with Gasteiger partial charge in [-0.2, -0.15) is 0 Å². The molecule has 0 N–H and O–H groups in total. The van der Waals surface area contributed by atoms with E-state index < -0.39 is 10.8 Å². The molecule has 0 aliphatic carbocycles. The Labute approximate surface area is 154 Å². The van der Waals surface area contributed by atoms with Crippen molar-refractivity contribution in [3.05, 3.63) is 57.9 Å². The largest absolute Gasteiger partial charge is 0.492 e. The number of carbonyl (C=O) groups is 1. The smallest absolute Gasteiger partial charge is 0.286 e. The minimum Gasteiger partial charge on any atom is -0.492 e. The monoisotopic (exact) mass is 376 g/mol. The molecule has 0 spiro atoms. The molecule has 142 valence electrons. The lowest BCUT2D eigenvalue weighted by Gasteiger charge is -2.21. The van der Waals surface area contributed by atoms with E-state index in [2.05, 4.69) is 0 Å². The van der Waals surface area contributed by atoms with Crippen LogP contribution in [-0.4, -0.2) is 49.1 Å². The van der Waals surface area contributed by atoms with Gasteiger partial charge < -0.3 is 19.1 Å². The molecule has 2 aromatic carbocycles. The summed E-state index contributed by atoms with van der Waals surface area (Å²) < 4.78 is 29.1. The number of rotatable bonds is 6. The minimum absolute atomic E-state index is 0.0893. The maximum Gasteiger partial charge on any atom is 0.286 e. The van der Waals surface area contributed by atoms with Gasteiger partial charge in [0.2, 0.25) is 0 Å². The highest BCUT2D eigenvalue weighted by Gasteiger charge is 2.28. The second-order valence-corrected chi connectivity index (χ2v) is 5.80. The van der Waals surface area contributed by atoms with Gasteiger partial charge in [-0.15, -0.1) is 0 Å². The molecule has 0 aromatic heterocycles. The maximum absolute atomic E-state index is 12.9. The molecule has 1 heterocycles. The van der Waals surface area contributed by atoms with Crippen molar-refractivity contribution in [1.82, 2.24) is 4.90 Å². The van der Waals surface area contributed by atoms with E-state index >= 15 is 0 Å². The first-order valence-electron chi connectivity index (χ1n) is 8.17. The first kappa shape index (κ1) is 18.4. The number of benzene rings is 2. The fraction of sp³-hybridized carbons (Fsp3) is 0.278. The lowest BCUT2D eigenvalue weighted by Crippen LogP contribution is -2.31. The van der Waals surface area contributed by atoms with Crippen LogP contribution in [0.2, 0.25) is 0 Å². The molecule has 0 saturated carbocycles. The highest BCUT2D eigenvalue weighted by molar-refractivity contribution is 5.99. The van der Waals surface area contributed by atoms with Crippen LogP contribution < -0.4 is 14.2 Å². The Morgan fingerprint density at radius 3 is 2.48 bits per heavy atom. The summed E-state index contributed by atoms with van der Waals surface area (Å²) in [5, 5.41) is 11.3. The molecule has 0 atom stereocenters. The fourth-order valence-electron chi connectivity index (χ4n) is 2.54. The van der Waals surface area contributed by atoms with E-state index in [0.29, 0.717) is 18.1 Å². The van der Waals surface area contributed by atoms with E-state index in [1.54, 1.807) is 0 Å². The van der Waals surface area contributed by atoms with Crippen LogP contribution in [-0.2, 0) is 0 Å². The first-order valence-corrected chi connectivity index (χ1v) is 8.17. The van der Waals surface area contributed by atoms with Crippen LogP contribution in [0, 0.1) is 15.9 Å². The van der Waals surface area contributed by atoms with Crippen LogP contribution in [0.1, 0.15) is 10.4 Å². The van der Waals surface area contributed by atoms with Crippen molar-refractivity contribution in [2.75, 3.05) is 33.4 Å². The Balaban J connectivity index is 1.70. The summed E-state index contributed by atoms with van der Waals surface area (Å²) in [6.45, 7) is 0.923. The summed E-state index contributed by atoms with van der Waals surface area (Å²) in [7, 11) is 1.51. The number of carbonyl (C=O) groups excluding carboxylic acids is 1. The van der Waals surface area contributed by atoms with Crippen molar-refractivity contribution in [2.24, 2.45) is 0 Å². The van der Waals surface area contributed by atoms with Crippen molar-refractivity contribution >= 4 is 11.6 Å². The lowest BCUT2D eigenvalue weighted by atomic mass is 10.1. The van der Waals surface area contributed by atoms with Crippen molar-refractivity contribution in [2.45, 2.75) is 0 Å². The number of hydrogen-bond donors (Lipinski definition) is 0. The molecule has 1 aliphatic rings. The van der Waals surface area contributed by atoms with Crippen LogP contribution in [0.25, 0.3) is 0 Å². The van der Waals surface area contributed by atoms with Crippen LogP contribution in [0.3, 0.4) is 0 Å². The van der Waals surface area contributed by atoms with E-state index in [0.717, 1.165) is 0 Å². The minimum atomic E-state index is -0.631. The SMILES string of the molecule is CN(CCOc1ccc(F)cc1)C(=O)c1cc2c(cc1[N+](=O)[O-])OCCO2. The number of ether oxygens (including phenoxy) is 3. The highest BCUT2D eigenvalue weighted by atomic mass is 19.1. The molecule has 1 aliphatic heterocycles. The van der Waals surface area contributed by atoms with Gasteiger partial charge in [-0.25, -0.2) is 4.39 Å². The van der Waals surface area contributed by atoms with Crippen molar-refractivity contribution in [3.8, 4) is 17.2 Å². The van der Waals surface area contributed by atoms with Gasteiger partial charge >= 0.3 is 0 Å². The lowest BCUT2D eigenvalue weighted by molar-refractivity contribution is -0.385. The van der Waals surface area contributed by atoms with Gasteiger partial charge in [0.1, 0.15) is 37.0 Å². The van der Waals surface area contributed by atoms with Gasteiger partial charge in [-0.05, 0) is 24.3 Å². The second-order valence-electron chi connectivity index (χ2n) is 5.80. The third-order valence-electron chi connectivity index (χ3n) is 3.94. The quantitative estimate of drug-likeness (QED) is 0.569. The average molecular weight is 376 g/mol. The van der Waals surface area contributed by atoms with Gasteiger partial charge in [-0.3, -0.25) is 14.9 Å². The molecule has 0 fully saturated rings. The van der Waals surface area contributed by atoms with Gasteiger partial charge in [0.25, 0.3) is 11.6 Å². The number of hydrogen-bond acceptors (Lipinski definition) is 6. The highest BCUT2D eigenvalue weighted by Crippen LogP contribution is 2.37. The Morgan fingerprint density at radius 1 is 1.22 bits per heavy atom. The van der Waals surface area contributed by atoms with Crippen LogP contribution in [0.5, 0.6) is 17.2 Å². The molecule has 1 amide bonds. The standard InChI is InChI=1S/C18H17FN2O6/c1-20(6-7-25-13-4-2-12(19)3-5-13)18(22)14-10-16-17(27-9-8-26-16)11-15(14)21(23)24/h2-5,10-11H,6-9H2,1H3. The summed E-state index contributed by atoms with van der Waals surface area (Å²) in [5.74, 6) is 0.0856. The summed E-state index contributed by atoms with van der Waals surface area (Å²) in [5.41, 5.74) is -0.441. The Hall–Kier alpha value is -3.36. The van der Waals surface area contributed by atoms with Gasteiger partial charge in [0.15, 0.2) is 11.5 Å². The van der Waals surface area contributed by atoms with E-state index in [1.165, 1.54) is 48.3 Å². The molecule has 3 rings (SSSR count). The predicted molar refractivity (Wildman–Crippen MR) is 92.9 cm³/mol. The number of nitrogens with zero attached hydrogens (tertiary/aromatic N) is 2. The molecule has 27 heavy (non-hydrogen) atoms. The zero-order valence-corrected chi connectivity index (χ0v) is 14.5. The molecular weight excluding hydrogens is 359 g/mol. The van der Waals surface area contributed by atoms with E-state index in [1.807, 2.05) is 0 Å². The van der Waals surface area contributed by atoms with Gasteiger partial charge in [-0.1, -0.05) is 0 Å². The third kappa shape index (κ3) is 4.25. The molecule has 0 bridgehead atoms. The zero-order chi connectivity index (χ0) is 19.4. The van der Waals surface area contributed by atoms with Crippen molar-refractivity contribution in [3.63, 3.8) is 0 Å². The predicted octanol–water partition coefficient (Wildman–Crippen LogP) is 2.66. The van der Waals surface area contributed by atoms with Crippen LogP contribution >= 0.6 is 0 Å². The van der Waals surface area contributed by atoms with E-state index in [9.17, 15) is 19.3 Å². The summed E-state index contributed by atoms with van der Waals surface area (Å²) in [4.78, 5) is 24.7. The van der Waals surface area contributed by atoms with Gasteiger partial charge in [0.05, 0.1) is 17.5 Å². The zero-order valence-electron chi connectivity index (χ0n) is 14.5. The van der Waals surface area contributed by atoms with Crippen molar-refractivity contribution in [1.29, 1.82) is 0 Å². The van der Waals surface area contributed by atoms with Gasteiger partial charge in [0, 0.05) is 13.1 Å². The molecule has 9 heteroatoms. The number of fused-ring (bicyclic) bond motifs is 1. The normalized spacial score (nSPS) is 12.4. The average Bonchev–Trinajstić information content (AvgIpc) is 2.67. The van der Waals surface area contributed by atoms with Crippen molar-refractivity contribution < 1.29 is 28.3 Å². The molecular formula is C18H17FN2O6. The number of halogens is 1. The Kier molecular flexibility index (Phi) is 5.39. The molecule has 0 unspecified atom stereocenters. The summed E-state index contributed by atoms with van der Waals surface area (Å²) in [6, 6.07) is 8.01. The van der Waals surface area contributed by atoms with E-state index in [4.69, 9.17) is 14.2 Å². The van der Waals surface area contributed by atoms with E-state index in [-0.39, 0.29) is 42.6 Å². The first-order chi connectivity index (χ1) is 13.0. The maximum atomic E-state index is 12.9. The molecule has 2 aromatic rings. The Morgan fingerprint density at radius 2 is 1.85 bits per heavy atom. The van der Waals surface area contributed by atoms with Crippen LogP contribution in [0.15, 0.2) is 36.4 Å². The van der Waals surface area contributed by atoms with Crippen LogP contribution in [0.4, 0.5) is 10.1 Å². The molecule has 0 radical (unpaired) electrons. The number of nitro benzene ring substituents is 1. The number of nitro groups is 1. The topological polar surface area (TPSA) is 91.1 Å². The fourth-order valence-corrected chi connectivity index (χ4v) is 2.54. The second kappa shape index (κ2) is 7.90. The number of amides is 1. The third-order valence-corrected chi connectivity index (χ3v) is 3.94. The number of likely N-dealkylation sites (N-methyl/N-ethyl adjacent to an activating group) is 1. The molecule has 0 saturated heterocycles. The molecule has 8 nitrogen and oxygen atoms in total. The summed E-state index contributed by atoms with van der Waals surface area (Å²) >= 11 is 0. The summed E-state index contributed by atoms with van der Waals surface area (Å²) in [6.07, 6.45) is 0. The Bertz CT molecular complexity index is 856.